The van der Waals surface area contributed by atoms with Crippen LogP contribution >= 0.6 is 0 Å². The number of aromatic nitrogens is 2. The van der Waals surface area contributed by atoms with Crippen LogP contribution in [-0.4, -0.2) is 46.3 Å². The highest BCUT2D eigenvalue weighted by Gasteiger charge is 2.26. The molecule has 0 aliphatic carbocycles. The van der Waals surface area contributed by atoms with E-state index < -0.39 is 0 Å². The minimum Gasteiger partial charge on any atom is -0.360 e. The Kier molecular flexibility index (Phi) is 12.5. The van der Waals surface area contributed by atoms with Crippen LogP contribution < -0.4 is 0 Å². The summed E-state index contributed by atoms with van der Waals surface area (Å²) in [6, 6.07) is 0. The lowest BCUT2D eigenvalue weighted by atomic mass is 9.67. The number of aromatic amines is 1. The van der Waals surface area contributed by atoms with E-state index in [1.54, 1.807) is 12.4 Å². The molecule has 2 aliphatic heterocycles. The molecule has 0 fully saturated rings. The van der Waals surface area contributed by atoms with Crippen molar-refractivity contribution in [2.24, 2.45) is 16.1 Å². The van der Waals surface area contributed by atoms with Gasteiger partial charge in [0.2, 0.25) is 0 Å². The van der Waals surface area contributed by atoms with Crippen molar-refractivity contribution < 1.29 is 4.39 Å². The maximum Gasteiger partial charge on any atom is 0.271 e. The Morgan fingerprint density at radius 1 is 1.24 bits per heavy atom. The number of nitrogens with zero attached hydrogens (tertiary/aromatic N) is 4. The molecule has 0 saturated heterocycles. The van der Waals surface area contributed by atoms with Crippen molar-refractivity contribution in [2.75, 3.05) is 6.54 Å². The Morgan fingerprint density at radius 2 is 2.03 bits per heavy atom. The molecule has 2 N–H and O–H groups in total. The summed E-state index contributed by atoms with van der Waals surface area (Å²) in [5, 5.41) is 15.6. The Hall–Kier alpha value is -3.55. The molecular weight excluding hydrogens is 462 g/mol. The molecule has 1 aromatic heterocycles. The molecule has 3 heterocycles. The van der Waals surface area contributed by atoms with Crippen LogP contribution in [0.4, 0.5) is 4.39 Å². The van der Waals surface area contributed by atoms with Gasteiger partial charge in [-0.3, -0.25) is 0 Å². The van der Waals surface area contributed by atoms with E-state index in [0.717, 1.165) is 60.7 Å². The van der Waals surface area contributed by atoms with Crippen molar-refractivity contribution in [2.45, 2.75) is 60.4 Å². The van der Waals surface area contributed by atoms with E-state index in [4.69, 9.17) is 5.41 Å². The normalized spacial score (nSPS) is 16.7. The van der Waals surface area contributed by atoms with Gasteiger partial charge < -0.3 is 15.3 Å². The van der Waals surface area contributed by atoms with Crippen LogP contribution in [0.25, 0.3) is 0 Å². The Labute approximate surface area is 222 Å². The van der Waals surface area contributed by atoms with Gasteiger partial charge in [-0.05, 0) is 60.6 Å². The highest BCUT2D eigenvalue weighted by atomic mass is 19.1. The van der Waals surface area contributed by atoms with Crippen molar-refractivity contribution in [3.8, 4) is 0 Å². The van der Waals surface area contributed by atoms with Crippen LogP contribution in [0.15, 0.2) is 88.2 Å². The van der Waals surface area contributed by atoms with E-state index in [-0.39, 0.29) is 5.83 Å². The zero-order valence-electron chi connectivity index (χ0n) is 22.8. The number of imidazole rings is 1. The first-order valence-electron chi connectivity index (χ1n) is 12.8. The lowest BCUT2D eigenvalue weighted by Crippen LogP contribution is -2.39. The average Bonchev–Trinajstić information content (AvgIpc) is 3.56. The molecule has 37 heavy (non-hydrogen) atoms. The smallest absolute Gasteiger partial charge is 0.271 e. The number of halogens is 1. The molecule has 0 bridgehead atoms. The first kappa shape index (κ1) is 29.7. The zero-order chi connectivity index (χ0) is 27.2. The minimum absolute atomic E-state index is 0.363. The Bertz CT molecular complexity index is 1150. The summed E-state index contributed by atoms with van der Waals surface area (Å²) in [6.07, 6.45) is 18.3. The van der Waals surface area contributed by atoms with Gasteiger partial charge in [0.15, 0.2) is 0 Å². The fraction of sp³-hybridized carbons (Fsp3) is 0.379. The number of nitrogens with one attached hydrogen (secondary N) is 2. The topological polar surface area (TPSA) is 80.5 Å². The van der Waals surface area contributed by atoms with Gasteiger partial charge in [-0.15, -0.1) is 5.10 Å². The second-order valence-corrected chi connectivity index (χ2v) is 9.02. The predicted molar refractivity (Wildman–Crippen MR) is 156 cm³/mol. The third-order valence-corrected chi connectivity index (χ3v) is 6.03. The van der Waals surface area contributed by atoms with Gasteiger partial charge in [0.05, 0.1) is 30.0 Å². The number of rotatable bonds is 9. The summed E-state index contributed by atoms with van der Waals surface area (Å²) >= 11 is 0. The number of allylic oxidation sites excluding steroid dienone is 11. The highest BCUT2D eigenvalue weighted by Crippen LogP contribution is 2.19. The van der Waals surface area contributed by atoms with Crippen molar-refractivity contribution in [3.05, 3.63) is 89.4 Å². The molecule has 0 saturated carbocycles. The first-order valence-corrected chi connectivity index (χ1v) is 12.8. The van der Waals surface area contributed by atoms with Crippen molar-refractivity contribution in [3.63, 3.8) is 0 Å². The maximum atomic E-state index is 13.2. The largest absolute Gasteiger partial charge is 0.360 e. The maximum absolute atomic E-state index is 13.2. The molecule has 0 spiro atoms. The molecule has 6 nitrogen and oxygen atoms in total. The van der Waals surface area contributed by atoms with Crippen molar-refractivity contribution in [1.82, 2.24) is 14.9 Å². The van der Waals surface area contributed by atoms with Crippen LogP contribution in [0.3, 0.4) is 0 Å². The minimum atomic E-state index is -0.363. The lowest BCUT2D eigenvalue weighted by molar-refractivity contribution is 0.392. The summed E-state index contributed by atoms with van der Waals surface area (Å²) in [5.74, 6) is 0.145. The Morgan fingerprint density at radius 3 is 2.68 bits per heavy atom. The number of fused-ring (bicyclic) bond motifs is 1. The van der Waals surface area contributed by atoms with Crippen molar-refractivity contribution >= 4 is 24.8 Å². The van der Waals surface area contributed by atoms with E-state index in [1.165, 1.54) is 29.5 Å². The van der Waals surface area contributed by atoms with Gasteiger partial charge in [-0.2, -0.15) is 5.10 Å². The summed E-state index contributed by atoms with van der Waals surface area (Å²) < 4.78 is 13.2. The lowest BCUT2D eigenvalue weighted by Gasteiger charge is -2.27. The fourth-order valence-electron chi connectivity index (χ4n) is 3.95. The second kappa shape index (κ2) is 15.5. The molecule has 8 heteroatoms. The van der Waals surface area contributed by atoms with Gasteiger partial charge in [-0.25, -0.2) is 9.37 Å². The number of hydrogen-bond donors (Lipinski definition) is 2. The molecule has 0 amide bonds. The summed E-state index contributed by atoms with van der Waals surface area (Å²) in [6.45, 7) is 15.6. The summed E-state index contributed by atoms with van der Waals surface area (Å²) in [7, 11) is 1.95. The van der Waals surface area contributed by atoms with E-state index in [2.05, 4.69) is 77.6 Å². The molecule has 0 atom stereocenters. The van der Waals surface area contributed by atoms with Gasteiger partial charge >= 0.3 is 0 Å². The number of hydrogen-bond acceptors (Lipinski definition) is 5. The molecule has 0 unspecified atom stereocenters. The van der Waals surface area contributed by atoms with E-state index >= 15 is 0 Å². The van der Waals surface area contributed by atoms with E-state index in [9.17, 15) is 4.39 Å². The van der Waals surface area contributed by atoms with Gasteiger partial charge in [0.25, 0.3) is 7.28 Å². The monoisotopic (exact) mass is 501 g/mol. The SMILES string of the molecule is C=C/C(F)=C\C=C(/CC)C1=NN=C(N2CCc3nc[nH]c3C2)[B]1.CC\C=C/C=C(\C(C)=C\C=N)C(C)C. The van der Waals surface area contributed by atoms with Crippen LogP contribution in [0.5, 0.6) is 0 Å². The van der Waals surface area contributed by atoms with Crippen molar-refractivity contribution in [1.29, 1.82) is 5.41 Å². The van der Waals surface area contributed by atoms with Crippen LogP contribution in [0.2, 0.25) is 0 Å². The van der Waals surface area contributed by atoms with Gasteiger partial charge in [-0.1, -0.05) is 58.6 Å². The Balaban J connectivity index is 0.000000298. The molecule has 195 valence electrons. The predicted octanol–water partition coefficient (Wildman–Crippen LogP) is 6.66. The molecule has 1 aromatic rings. The van der Waals surface area contributed by atoms with Gasteiger partial charge in [0.1, 0.15) is 5.83 Å². The number of H-pyrrole nitrogens is 1. The number of amidine groups is 1. The van der Waals surface area contributed by atoms with E-state index in [0.29, 0.717) is 5.92 Å². The summed E-state index contributed by atoms with van der Waals surface area (Å²) in [5.41, 5.74) is 7.30. The molecule has 3 rings (SSSR count). The zero-order valence-corrected chi connectivity index (χ0v) is 22.8. The highest BCUT2D eigenvalue weighted by molar-refractivity contribution is 7.01. The van der Waals surface area contributed by atoms with Gasteiger partial charge in [0, 0.05) is 24.8 Å². The fourth-order valence-corrected chi connectivity index (χ4v) is 3.95. The molecular formula is C29H39BFN6. The first-order chi connectivity index (χ1) is 17.8. The third kappa shape index (κ3) is 9.12. The summed E-state index contributed by atoms with van der Waals surface area (Å²) in [4.78, 5) is 9.64. The molecule has 0 aromatic carbocycles. The standard InChI is InChI=1S/C16H18BFN5.C13H21N/c1-3-11(5-6-12(18)4-2)15-17-16(22-21-15)23-8-7-13-14(9-23)20-10-19-13;1-5-6-7-8-13(11(2)3)12(4)9-10-14/h4-6,10H,2-3,7-9H2,1H3,(H,19,20);6-11,14H,5H2,1-4H3/b11-5+,12-6+;7-6-,12-9+,13-8-,14-10?. The van der Waals surface area contributed by atoms with Crippen LogP contribution in [0, 0.1) is 11.3 Å². The second-order valence-electron chi connectivity index (χ2n) is 9.02. The third-order valence-electron chi connectivity index (χ3n) is 6.03. The van der Waals surface area contributed by atoms with Crippen LogP contribution in [-0.2, 0) is 13.0 Å². The quantitative estimate of drug-likeness (QED) is 0.225. The van der Waals surface area contributed by atoms with E-state index in [1.807, 2.05) is 20.3 Å². The molecule has 1 radical (unpaired) electrons. The molecule has 2 aliphatic rings. The average molecular weight is 501 g/mol. The van der Waals surface area contributed by atoms with Crippen LogP contribution in [0.1, 0.15) is 58.8 Å².